The third-order valence-electron chi connectivity index (χ3n) is 2.50. The first-order chi connectivity index (χ1) is 8.15. The van der Waals surface area contributed by atoms with E-state index in [9.17, 15) is 0 Å². The Morgan fingerprint density at radius 2 is 2.12 bits per heavy atom. The highest BCUT2D eigenvalue weighted by Gasteiger charge is 2.03. The molecule has 1 N–H and O–H groups in total. The van der Waals surface area contributed by atoms with Crippen LogP contribution >= 0.6 is 27.3 Å². The van der Waals surface area contributed by atoms with Crippen LogP contribution in [0.1, 0.15) is 21.1 Å². The molecule has 0 atom stereocenters. The lowest BCUT2D eigenvalue weighted by Crippen LogP contribution is -2.12. The molecule has 0 unspecified atom stereocenters. The number of benzene rings is 1. The molecule has 1 aromatic heterocycles. The number of nitrogens with one attached hydrogen (secondary N) is 1. The van der Waals surface area contributed by atoms with E-state index >= 15 is 0 Å². The van der Waals surface area contributed by atoms with Crippen molar-refractivity contribution in [1.82, 2.24) is 10.3 Å². The van der Waals surface area contributed by atoms with E-state index in [1.54, 1.807) is 11.3 Å². The zero-order valence-corrected chi connectivity index (χ0v) is 12.4. The van der Waals surface area contributed by atoms with Gasteiger partial charge in [0.2, 0.25) is 0 Å². The first-order valence-electron chi connectivity index (χ1n) is 5.53. The third kappa shape index (κ3) is 3.63. The van der Waals surface area contributed by atoms with E-state index in [1.165, 1.54) is 10.4 Å². The standard InChI is InChI=1S/C13H15BrN2S/c1-9-13(17-10(2)16-9)8-15-7-11-4-3-5-12(14)6-11/h3-6,15H,7-8H2,1-2H3. The van der Waals surface area contributed by atoms with E-state index < -0.39 is 0 Å². The molecule has 17 heavy (non-hydrogen) atoms. The van der Waals surface area contributed by atoms with Gasteiger partial charge in [-0.25, -0.2) is 4.98 Å². The monoisotopic (exact) mass is 310 g/mol. The Hall–Kier alpha value is -0.710. The van der Waals surface area contributed by atoms with E-state index in [-0.39, 0.29) is 0 Å². The molecule has 0 aliphatic carbocycles. The Morgan fingerprint density at radius 1 is 1.29 bits per heavy atom. The van der Waals surface area contributed by atoms with Gasteiger partial charge in [-0.3, -0.25) is 0 Å². The smallest absolute Gasteiger partial charge is 0.0900 e. The minimum atomic E-state index is 0.885. The second-order valence-electron chi connectivity index (χ2n) is 3.97. The molecule has 2 aromatic rings. The van der Waals surface area contributed by atoms with Crippen LogP contribution in [0.3, 0.4) is 0 Å². The van der Waals surface area contributed by atoms with Gasteiger partial charge in [0.25, 0.3) is 0 Å². The second-order valence-corrected chi connectivity index (χ2v) is 6.18. The van der Waals surface area contributed by atoms with Crippen LogP contribution in [-0.2, 0) is 13.1 Å². The Balaban J connectivity index is 1.89. The van der Waals surface area contributed by atoms with Gasteiger partial charge >= 0.3 is 0 Å². The van der Waals surface area contributed by atoms with Crippen molar-refractivity contribution in [2.75, 3.05) is 0 Å². The zero-order chi connectivity index (χ0) is 12.3. The van der Waals surface area contributed by atoms with Gasteiger partial charge in [0.1, 0.15) is 0 Å². The Bertz CT molecular complexity index is 508. The van der Waals surface area contributed by atoms with E-state index in [4.69, 9.17) is 0 Å². The van der Waals surface area contributed by atoms with E-state index in [1.807, 2.05) is 6.07 Å². The number of hydrogen-bond acceptors (Lipinski definition) is 3. The molecule has 1 heterocycles. The minimum Gasteiger partial charge on any atom is -0.308 e. The lowest BCUT2D eigenvalue weighted by molar-refractivity contribution is 0.697. The number of aryl methyl sites for hydroxylation is 2. The fourth-order valence-electron chi connectivity index (χ4n) is 1.70. The maximum absolute atomic E-state index is 4.42. The normalized spacial score (nSPS) is 10.8. The fraction of sp³-hybridized carbons (Fsp3) is 0.308. The highest BCUT2D eigenvalue weighted by Crippen LogP contribution is 2.17. The molecule has 2 nitrogen and oxygen atoms in total. The molecule has 0 saturated heterocycles. The molecule has 90 valence electrons. The van der Waals surface area contributed by atoms with Gasteiger partial charge < -0.3 is 5.32 Å². The van der Waals surface area contributed by atoms with Crippen molar-refractivity contribution in [1.29, 1.82) is 0 Å². The molecular weight excluding hydrogens is 296 g/mol. The highest BCUT2D eigenvalue weighted by atomic mass is 79.9. The van der Waals surface area contributed by atoms with Crippen LogP contribution in [0.15, 0.2) is 28.7 Å². The summed E-state index contributed by atoms with van der Waals surface area (Å²) in [6.45, 7) is 5.90. The summed E-state index contributed by atoms with van der Waals surface area (Å²) < 4.78 is 1.13. The lowest BCUT2D eigenvalue weighted by Gasteiger charge is -2.04. The third-order valence-corrected chi connectivity index (χ3v) is 4.07. The van der Waals surface area contributed by atoms with Gasteiger partial charge in [-0.15, -0.1) is 11.3 Å². The molecule has 4 heteroatoms. The van der Waals surface area contributed by atoms with Crippen molar-refractivity contribution in [2.24, 2.45) is 0 Å². The highest BCUT2D eigenvalue weighted by molar-refractivity contribution is 9.10. The van der Waals surface area contributed by atoms with Gasteiger partial charge in [-0.2, -0.15) is 0 Å². The van der Waals surface area contributed by atoms with Crippen LogP contribution in [0.4, 0.5) is 0 Å². The van der Waals surface area contributed by atoms with Gasteiger partial charge in [-0.05, 0) is 31.5 Å². The minimum absolute atomic E-state index is 0.885. The molecule has 0 aliphatic heterocycles. The maximum atomic E-state index is 4.42. The molecule has 0 amide bonds. The number of aromatic nitrogens is 1. The summed E-state index contributed by atoms with van der Waals surface area (Å²) in [5, 5.41) is 4.59. The number of nitrogens with zero attached hydrogens (tertiary/aromatic N) is 1. The van der Waals surface area contributed by atoms with Crippen molar-refractivity contribution >= 4 is 27.3 Å². The zero-order valence-electron chi connectivity index (χ0n) is 9.96. The van der Waals surface area contributed by atoms with E-state index in [0.717, 1.165) is 28.3 Å². The van der Waals surface area contributed by atoms with Gasteiger partial charge in [0.05, 0.1) is 10.7 Å². The first kappa shape index (κ1) is 12.7. The Kier molecular flexibility index (Phi) is 4.31. The predicted octanol–water partition coefficient (Wildman–Crippen LogP) is 3.81. The molecule has 0 aliphatic rings. The van der Waals surface area contributed by atoms with Gasteiger partial charge in [0.15, 0.2) is 0 Å². The number of halogens is 1. The summed E-state index contributed by atoms with van der Waals surface area (Å²) in [6, 6.07) is 8.36. The topological polar surface area (TPSA) is 24.9 Å². The summed E-state index contributed by atoms with van der Waals surface area (Å²) in [5.74, 6) is 0. The van der Waals surface area contributed by atoms with Crippen LogP contribution in [-0.4, -0.2) is 4.98 Å². The lowest BCUT2D eigenvalue weighted by atomic mass is 10.2. The first-order valence-corrected chi connectivity index (χ1v) is 7.14. The molecule has 0 bridgehead atoms. The van der Waals surface area contributed by atoms with E-state index in [0.29, 0.717) is 0 Å². The quantitative estimate of drug-likeness (QED) is 0.928. The molecule has 0 saturated carbocycles. The molecule has 0 spiro atoms. The molecule has 0 fully saturated rings. The maximum Gasteiger partial charge on any atom is 0.0900 e. The largest absolute Gasteiger partial charge is 0.308 e. The Morgan fingerprint density at radius 3 is 2.76 bits per heavy atom. The molecular formula is C13H15BrN2S. The summed E-state index contributed by atoms with van der Waals surface area (Å²) in [6.07, 6.45) is 0. The summed E-state index contributed by atoms with van der Waals surface area (Å²) in [5.41, 5.74) is 2.44. The number of thiazole rings is 1. The van der Waals surface area contributed by atoms with Crippen LogP contribution in [0.2, 0.25) is 0 Å². The average molecular weight is 311 g/mol. The number of hydrogen-bond donors (Lipinski definition) is 1. The molecule has 0 radical (unpaired) electrons. The molecule has 2 rings (SSSR count). The van der Waals surface area contributed by atoms with Crippen LogP contribution < -0.4 is 5.32 Å². The van der Waals surface area contributed by atoms with Crippen molar-refractivity contribution in [3.8, 4) is 0 Å². The van der Waals surface area contributed by atoms with Crippen LogP contribution in [0, 0.1) is 13.8 Å². The average Bonchev–Trinajstić information content (AvgIpc) is 2.58. The van der Waals surface area contributed by atoms with Crippen LogP contribution in [0.5, 0.6) is 0 Å². The van der Waals surface area contributed by atoms with Crippen molar-refractivity contribution in [3.05, 3.63) is 49.9 Å². The fourth-order valence-corrected chi connectivity index (χ4v) is 3.06. The SMILES string of the molecule is Cc1nc(C)c(CNCc2cccc(Br)c2)s1. The summed E-state index contributed by atoms with van der Waals surface area (Å²) in [7, 11) is 0. The second kappa shape index (κ2) is 5.76. The van der Waals surface area contributed by atoms with E-state index in [2.05, 4.69) is 58.3 Å². The predicted molar refractivity (Wildman–Crippen MR) is 76.3 cm³/mol. The van der Waals surface area contributed by atoms with Crippen molar-refractivity contribution in [2.45, 2.75) is 26.9 Å². The van der Waals surface area contributed by atoms with Crippen molar-refractivity contribution in [3.63, 3.8) is 0 Å². The van der Waals surface area contributed by atoms with Gasteiger partial charge in [0, 0.05) is 22.4 Å². The van der Waals surface area contributed by atoms with Gasteiger partial charge in [-0.1, -0.05) is 28.1 Å². The van der Waals surface area contributed by atoms with Crippen molar-refractivity contribution < 1.29 is 0 Å². The number of rotatable bonds is 4. The van der Waals surface area contributed by atoms with Crippen LogP contribution in [0.25, 0.3) is 0 Å². The summed E-state index contributed by atoms with van der Waals surface area (Å²) >= 11 is 5.25. The summed E-state index contributed by atoms with van der Waals surface area (Å²) in [4.78, 5) is 5.75. The Labute approximate surface area is 114 Å². The molecule has 1 aromatic carbocycles.